The van der Waals surface area contributed by atoms with Crippen LogP contribution in [0.2, 0.25) is 10.0 Å². The standard InChI is InChI=1S/C23H21BCl2N6O2S/c24-17-13-29-32-21(28-12-15-4-2-8-27-11-15)10-20(30-23(17)32)16-5-3-9-31(14-16)35(33,34)22-18(25)6-1-7-19(22)26/h1-2,4,6-8,10-11,13,16,28H,3,5,9,12,14H2. The molecule has 1 saturated heterocycles. The lowest BCUT2D eigenvalue weighted by Crippen LogP contribution is -2.39. The molecule has 1 fully saturated rings. The minimum absolute atomic E-state index is 0.0637. The van der Waals surface area contributed by atoms with E-state index in [1.807, 2.05) is 18.2 Å². The maximum absolute atomic E-state index is 13.4. The first kappa shape index (κ1) is 24.1. The van der Waals surface area contributed by atoms with E-state index < -0.39 is 10.0 Å². The molecule has 4 aromatic rings. The van der Waals surface area contributed by atoms with Gasteiger partial charge in [0, 0.05) is 50.2 Å². The SMILES string of the molecule is [B]c1cnn2c(NCc3cccnc3)cc(C3CCCN(S(=O)(=O)c4c(Cl)cccc4Cl)C3)nc12. The number of sulfonamides is 1. The largest absolute Gasteiger partial charge is 0.366 e. The Bertz CT molecular complexity index is 1460. The Balaban J connectivity index is 1.46. The number of halogens is 2. The van der Waals surface area contributed by atoms with Crippen LogP contribution in [0.1, 0.15) is 30.0 Å². The van der Waals surface area contributed by atoms with Gasteiger partial charge in [-0.15, -0.1) is 0 Å². The van der Waals surface area contributed by atoms with Crippen LogP contribution in [-0.2, 0) is 16.6 Å². The van der Waals surface area contributed by atoms with Crippen LogP contribution in [0.15, 0.2) is 59.9 Å². The van der Waals surface area contributed by atoms with Gasteiger partial charge in [0.1, 0.15) is 18.6 Å². The van der Waals surface area contributed by atoms with Crippen LogP contribution in [0.3, 0.4) is 0 Å². The predicted molar refractivity (Wildman–Crippen MR) is 137 cm³/mol. The number of piperidine rings is 1. The van der Waals surface area contributed by atoms with E-state index in [0.29, 0.717) is 36.4 Å². The Morgan fingerprint density at radius 3 is 2.69 bits per heavy atom. The summed E-state index contributed by atoms with van der Waals surface area (Å²) >= 11 is 12.4. The number of pyridine rings is 1. The Morgan fingerprint density at radius 2 is 1.94 bits per heavy atom. The van der Waals surface area contributed by atoms with E-state index in [4.69, 9.17) is 36.0 Å². The highest BCUT2D eigenvalue weighted by Crippen LogP contribution is 2.35. The molecular weight excluding hydrogens is 506 g/mol. The first-order valence-electron chi connectivity index (χ1n) is 11.1. The van der Waals surface area contributed by atoms with Gasteiger partial charge in [0.05, 0.1) is 15.7 Å². The van der Waals surface area contributed by atoms with E-state index in [2.05, 4.69) is 15.4 Å². The molecule has 0 bridgehead atoms. The minimum atomic E-state index is -3.88. The monoisotopic (exact) mass is 526 g/mol. The highest BCUT2D eigenvalue weighted by atomic mass is 35.5. The molecule has 1 aliphatic heterocycles. The average molecular weight is 527 g/mol. The summed E-state index contributed by atoms with van der Waals surface area (Å²) in [4.78, 5) is 8.83. The zero-order valence-corrected chi connectivity index (χ0v) is 20.9. The molecular formula is C23H21BCl2N6O2S. The second-order valence-corrected chi connectivity index (χ2v) is 11.1. The molecule has 2 radical (unpaired) electrons. The first-order valence-corrected chi connectivity index (χ1v) is 13.3. The average Bonchev–Trinajstić information content (AvgIpc) is 3.24. The van der Waals surface area contributed by atoms with Crippen molar-refractivity contribution in [2.24, 2.45) is 0 Å². The third kappa shape index (κ3) is 4.75. The summed E-state index contributed by atoms with van der Waals surface area (Å²) in [6.07, 6.45) is 6.51. The number of benzene rings is 1. The summed E-state index contributed by atoms with van der Waals surface area (Å²) in [5.41, 5.74) is 2.71. The topological polar surface area (TPSA) is 92.5 Å². The Hall–Kier alpha value is -2.66. The van der Waals surface area contributed by atoms with E-state index in [1.165, 1.54) is 16.4 Å². The predicted octanol–water partition coefficient (Wildman–Crippen LogP) is 3.41. The van der Waals surface area contributed by atoms with Crippen LogP contribution in [-0.4, -0.2) is 53.2 Å². The fourth-order valence-corrected chi connectivity index (χ4v) is 6.90. The van der Waals surface area contributed by atoms with Gasteiger partial charge in [0.25, 0.3) is 0 Å². The van der Waals surface area contributed by atoms with E-state index >= 15 is 0 Å². The number of nitrogens with zero attached hydrogens (tertiary/aromatic N) is 5. The highest BCUT2D eigenvalue weighted by Gasteiger charge is 2.34. The number of nitrogens with one attached hydrogen (secondary N) is 1. The van der Waals surface area contributed by atoms with Gasteiger partial charge in [-0.3, -0.25) is 4.98 Å². The molecule has 0 aliphatic carbocycles. The summed E-state index contributed by atoms with van der Waals surface area (Å²) < 4.78 is 30.0. The van der Waals surface area contributed by atoms with Gasteiger partial charge >= 0.3 is 0 Å². The molecule has 35 heavy (non-hydrogen) atoms. The number of hydrogen-bond donors (Lipinski definition) is 1. The Morgan fingerprint density at radius 1 is 1.14 bits per heavy atom. The summed E-state index contributed by atoms with van der Waals surface area (Å²) in [5, 5.41) is 7.93. The molecule has 4 heterocycles. The van der Waals surface area contributed by atoms with E-state index in [9.17, 15) is 8.42 Å². The van der Waals surface area contributed by atoms with Crippen LogP contribution in [0.25, 0.3) is 5.65 Å². The van der Waals surface area contributed by atoms with Crippen molar-refractivity contribution in [2.45, 2.75) is 30.2 Å². The van der Waals surface area contributed by atoms with E-state index in [0.717, 1.165) is 17.7 Å². The molecule has 0 spiro atoms. The normalized spacial score (nSPS) is 17.0. The molecule has 1 unspecified atom stereocenters. The molecule has 178 valence electrons. The maximum Gasteiger partial charge on any atom is 0.246 e. The molecule has 5 rings (SSSR count). The second kappa shape index (κ2) is 9.77. The van der Waals surface area contributed by atoms with Crippen molar-refractivity contribution in [3.05, 3.63) is 76.3 Å². The van der Waals surface area contributed by atoms with Crippen LogP contribution < -0.4 is 10.8 Å². The van der Waals surface area contributed by atoms with Gasteiger partial charge in [-0.05, 0) is 42.1 Å². The molecule has 1 aromatic carbocycles. The minimum Gasteiger partial charge on any atom is -0.366 e. The summed E-state index contributed by atoms with van der Waals surface area (Å²) in [5.74, 6) is 0.567. The molecule has 8 nitrogen and oxygen atoms in total. The zero-order chi connectivity index (χ0) is 24.6. The Labute approximate surface area is 214 Å². The number of anilines is 1. The van der Waals surface area contributed by atoms with Crippen LogP contribution in [0.4, 0.5) is 5.82 Å². The molecule has 12 heteroatoms. The molecule has 0 amide bonds. The molecule has 0 saturated carbocycles. The lowest BCUT2D eigenvalue weighted by atomic mass is 9.95. The van der Waals surface area contributed by atoms with Gasteiger partial charge < -0.3 is 5.32 Å². The first-order chi connectivity index (χ1) is 16.8. The zero-order valence-electron chi connectivity index (χ0n) is 18.6. The molecule has 1 atom stereocenters. The quantitative estimate of drug-likeness (QED) is 0.387. The third-order valence-electron chi connectivity index (χ3n) is 6.03. The fourth-order valence-electron chi connectivity index (χ4n) is 4.29. The van der Waals surface area contributed by atoms with Crippen molar-refractivity contribution in [3.63, 3.8) is 0 Å². The molecule has 1 aliphatic rings. The van der Waals surface area contributed by atoms with Crippen molar-refractivity contribution in [1.29, 1.82) is 0 Å². The number of hydrogen-bond acceptors (Lipinski definition) is 6. The number of fused-ring (bicyclic) bond motifs is 1. The smallest absolute Gasteiger partial charge is 0.246 e. The molecule has 3 aromatic heterocycles. The number of rotatable bonds is 6. The third-order valence-corrected chi connectivity index (χ3v) is 8.86. The van der Waals surface area contributed by atoms with Gasteiger partial charge in [-0.25, -0.2) is 13.4 Å². The van der Waals surface area contributed by atoms with Crippen molar-refractivity contribution in [3.8, 4) is 0 Å². The van der Waals surface area contributed by atoms with Gasteiger partial charge in [0.2, 0.25) is 10.0 Å². The van der Waals surface area contributed by atoms with Crippen molar-refractivity contribution in [2.75, 3.05) is 18.4 Å². The maximum atomic E-state index is 13.4. The lowest BCUT2D eigenvalue weighted by Gasteiger charge is -2.32. The van der Waals surface area contributed by atoms with Crippen LogP contribution in [0.5, 0.6) is 0 Å². The van der Waals surface area contributed by atoms with Crippen LogP contribution in [0, 0.1) is 0 Å². The van der Waals surface area contributed by atoms with E-state index in [1.54, 1.807) is 29.2 Å². The number of aromatic nitrogens is 4. The summed E-state index contributed by atoms with van der Waals surface area (Å²) in [6, 6.07) is 10.4. The summed E-state index contributed by atoms with van der Waals surface area (Å²) in [7, 11) is 2.25. The van der Waals surface area contributed by atoms with E-state index in [-0.39, 0.29) is 27.4 Å². The second-order valence-electron chi connectivity index (χ2n) is 8.37. The summed E-state index contributed by atoms with van der Waals surface area (Å²) in [6.45, 7) is 1.16. The van der Waals surface area contributed by atoms with Crippen molar-refractivity contribution in [1.82, 2.24) is 23.9 Å². The fraction of sp³-hybridized carbons (Fsp3) is 0.261. The molecule has 1 N–H and O–H groups in total. The van der Waals surface area contributed by atoms with Gasteiger partial charge in [-0.2, -0.15) is 13.9 Å². The van der Waals surface area contributed by atoms with Gasteiger partial charge in [-0.1, -0.05) is 35.3 Å². The highest BCUT2D eigenvalue weighted by molar-refractivity contribution is 7.89. The van der Waals surface area contributed by atoms with Crippen LogP contribution >= 0.6 is 23.2 Å². The Kier molecular flexibility index (Phi) is 6.72. The van der Waals surface area contributed by atoms with Crippen molar-refractivity contribution < 1.29 is 8.42 Å². The van der Waals surface area contributed by atoms with Crippen molar-refractivity contribution >= 4 is 58.0 Å². The van der Waals surface area contributed by atoms with Gasteiger partial charge in [0.15, 0.2) is 5.65 Å². The lowest BCUT2D eigenvalue weighted by molar-refractivity contribution is 0.313.